The molecule has 15 heavy (non-hydrogen) atoms. The SMILES string of the molecule is CC(C)(C)C1OCC(C)(C=O)N1C(=O)O. The van der Waals surface area contributed by atoms with Gasteiger partial charge in [0.15, 0.2) is 0 Å². The van der Waals surface area contributed by atoms with E-state index in [1.54, 1.807) is 6.92 Å². The third-order valence-corrected chi connectivity index (χ3v) is 2.52. The number of carboxylic acid groups (broad SMARTS) is 1. The molecule has 2 atom stereocenters. The molecule has 0 aromatic carbocycles. The molecule has 1 amide bonds. The molecule has 1 aliphatic heterocycles. The Kier molecular flexibility index (Phi) is 2.78. The smallest absolute Gasteiger partial charge is 0.410 e. The zero-order chi connectivity index (χ0) is 11.9. The molecule has 86 valence electrons. The van der Waals surface area contributed by atoms with Gasteiger partial charge in [-0.1, -0.05) is 20.8 Å². The lowest BCUT2D eigenvalue weighted by molar-refractivity contribution is -0.116. The molecule has 0 saturated carbocycles. The lowest BCUT2D eigenvalue weighted by Gasteiger charge is -2.36. The minimum Gasteiger partial charge on any atom is -0.465 e. The highest BCUT2D eigenvalue weighted by Crippen LogP contribution is 2.35. The van der Waals surface area contributed by atoms with E-state index in [4.69, 9.17) is 9.84 Å². The Morgan fingerprint density at radius 1 is 1.60 bits per heavy atom. The molecule has 0 aromatic heterocycles. The van der Waals surface area contributed by atoms with Gasteiger partial charge in [0.2, 0.25) is 0 Å². The molecule has 5 nitrogen and oxygen atoms in total. The topological polar surface area (TPSA) is 66.8 Å². The number of aldehydes is 1. The van der Waals surface area contributed by atoms with Crippen LogP contribution in [0.2, 0.25) is 0 Å². The van der Waals surface area contributed by atoms with Crippen molar-refractivity contribution >= 4 is 12.4 Å². The molecule has 5 heteroatoms. The summed E-state index contributed by atoms with van der Waals surface area (Å²) in [6, 6.07) is 0. The van der Waals surface area contributed by atoms with Crippen molar-refractivity contribution in [2.45, 2.75) is 39.5 Å². The fourth-order valence-corrected chi connectivity index (χ4v) is 1.71. The van der Waals surface area contributed by atoms with Crippen molar-refractivity contribution in [3.63, 3.8) is 0 Å². The average Bonchev–Trinajstić information content (AvgIpc) is 2.43. The molecule has 1 N–H and O–H groups in total. The van der Waals surface area contributed by atoms with Gasteiger partial charge in [-0.2, -0.15) is 0 Å². The Morgan fingerprint density at radius 3 is 2.47 bits per heavy atom. The lowest BCUT2D eigenvalue weighted by atomic mass is 9.92. The second kappa shape index (κ2) is 3.48. The number of amides is 1. The zero-order valence-corrected chi connectivity index (χ0v) is 9.48. The van der Waals surface area contributed by atoms with Crippen LogP contribution in [0.25, 0.3) is 0 Å². The first-order chi connectivity index (χ1) is 6.72. The third-order valence-electron chi connectivity index (χ3n) is 2.52. The molecule has 0 bridgehead atoms. The lowest BCUT2D eigenvalue weighted by Crippen LogP contribution is -2.53. The first kappa shape index (κ1) is 12.0. The van der Waals surface area contributed by atoms with E-state index in [2.05, 4.69) is 0 Å². The van der Waals surface area contributed by atoms with Crippen LogP contribution >= 0.6 is 0 Å². The Morgan fingerprint density at radius 2 is 2.13 bits per heavy atom. The van der Waals surface area contributed by atoms with Crippen LogP contribution in [0.5, 0.6) is 0 Å². The number of carbonyl (C=O) groups excluding carboxylic acids is 1. The van der Waals surface area contributed by atoms with Gasteiger partial charge in [0.25, 0.3) is 0 Å². The van der Waals surface area contributed by atoms with Gasteiger partial charge < -0.3 is 14.6 Å². The van der Waals surface area contributed by atoms with Gasteiger partial charge in [0.05, 0.1) is 6.61 Å². The summed E-state index contributed by atoms with van der Waals surface area (Å²) in [6.45, 7) is 7.32. The van der Waals surface area contributed by atoms with Crippen molar-refractivity contribution in [1.82, 2.24) is 4.90 Å². The van der Waals surface area contributed by atoms with Crippen molar-refractivity contribution in [3.05, 3.63) is 0 Å². The second-order valence-electron chi connectivity index (χ2n) is 5.16. The van der Waals surface area contributed by atoms with Gasteiger partial charge in [-0.25, -0.2) is 4.79 Å². The highest BCUT2D eigenvalue weighted by molar-refractivity contribution is 5.76. The fraction of sp³-hybridized carbons (Fsp3) is 0.800. The van der Waals surface area contributed by atoms with E-state index in [9.17, 15) is 9.59 Å². The molecule has 0 radical (unpaired) electrons. The van der Waals surface area contributed by atoms with Crippen LogP contribution < -0.4 is 0 Å². The van der Waals surface area contributed by atoms with Gasteiger partial charge in [0.1, 0.15) is 18.1 Å². The Hall–Kier alpha value is -1.10. The molecule has 1 saturated heterocycles. The number of carbonyl (C=O) groups is 2. The Labute approximate surface area is 89.0 Å². The average molecular weight is 215 g/mol. The monoisotopic (exact) mass is 215 g/mol. The number of hydrogen-bond donors (Lipinski definition) is 1. The van der Waals surface area contributed by atoms with E-state index in [1.807, 2.05) is 20.8 Å². The number of rotatable bonds is 1. The summed E-state index contributed by atoms with van der Waals surface area (Å²) >= 11 is 0. The van der Waals surface area contributed by atoms with Crippen LogP contribution in [0.15, 0.2) is 0 Å². The highest BCUT2D eigenvalue weighted by Gasteiger charge is 2.51. The molecular weight excluding hydrogens is 198 g/mol. The predicted octanol–water partition coefficient (Wildman–Crippen LogP) is 1.33. The Bertz CT molecular complexity index is 284. The summed E-state index contributed by atoms with van der Waals surface area (Å²) < 4.78 is 5.41. The van der Waals surface area contributed by atoms with Crippen LogP contribution in [0.3, 0.4) is 0 Å². The van der Waals surface area contributed by atoms with Crippen LogP contribution in [0.4, 0.5) is 4.79 Å². The van der Waals surface area contributed by atoms with Crippen LogP contribution in [-0.4, -0.2) is 40.8 Å². The summed E-state index contributed by atoms with van der Waals surface area (Å²) in [5, 5.41) is 9.10. The van der Waals surface area contributed by atoms with Crippen molar-refractivity contribution in [1.29, 1.82) is 0 Å². The molecule has 1 aliphatic rings. The number of nitrogens with zero attached hydrogens (tertiary/aromatic N) is 1. The van der Waals surface area contributed by atoms with Crippen LogP contribution in [0.1, 0.15) is 27.7 Å². The van der Waals surface area contributed by atoms with E-state index in [-0.39, 0.29) is 12.0 Å². The standard InChI is InChI=1S/C10H17NO4/c1-9(2,3)7-11(8(13)14)10(4,5-12)6-15-7/h5,7H,6H2,1-4H3,(H,13,14). The maximum absolute atomic E-state index is 11.1. The fourth-order valence-electron chi connectivity index (χ4n) is 1.71. The largest absolute Gasteiger partial charge is 0.465 e. The van der Waals surface area contributed by atoms with Gasteiger partial charge in [-0.05, 0) is 6.92 Å². The first-order valence-corrected chi connectivity index (χ1v) is 4.82. The third kappa shape index (κ3) is 1.97. The van der Waals surface area contributed by atoms with Gasteiger partial charge >= 0.3 is 6.09 Å². The van der Waals surface area contributed by atoms with Crippen molar-refractivity contribution < 1.29 is 19.4 Å². The maximum atomic E-state index is 11.1. The minimum atomic E-state index is -1.12. The van der Waals surface area contributed by atoms with Crippen LogP contribution in [-0.2, 0) is 9.53 Å². The van der Waals surface area contributed by atoms with Gasteiger partial charge in [-0.15, -0.1) is 0 Å². The van der Waals surface area contributed by atoms with Crippen molar-refractivity contribution in [2.24, 2.45) is 5.41 Å². The summed E-state index contributed by atoms with van der Waals surface area (Å²) in [7, 11) is 0. The molecule has 1 fully saturated rings. The summed E-state index contributed by atoms with van der Waals surface area (Å²) in [5.41, 5.74) is -1.41. The van der Waals surface area contributed by atoms with E-state index in [0.717, 1.165) is 4.90 Å². The normalized spacial score (nSPS) is 31.7. The molecule has 0 spiro atoms. The predicted molar refractivity (Wildman–Crippen MR) is 53.5 cm³/mol. The molecule has 1 heterocycles. The van der Waals surface area contributed by atoms with Crippen LogP contribution in [0, 0.1) is 5.41 Å². The zero-order valence-electron chi connectivity index (χ0n) is 9.48. The van der Waals surface area contributed by atoms with Crippen molar-refractivity contribution in [3.8, 4) is 0 Å². The highest BCUT2D eigenvalue weighted by atomic mass is 16.5. The minimum absolute atomic E-state index is 0.116. The molecule has 1 rings (SSSR count). The molecule has 0 aromatic rings. The molecule has 2 unspecified atom stereocenters. The van der Waals surface area contributed by atoms with E-state index >= 15 is 0 Å². The van der Waals surface area contributed by atoms with Gasteiger partial charge in [0, 0.05) is 5.41 Å². The summed E-state index contributed by atoms with van der Waals surface area (Å²) in [6.07, 6.45) is -1.07. The summed E-state index contributed by atoms with van der Waals surface area (Å²) in [5.74, 6) is 0. The molecule has 0 aliphatic carbocycles. The second-order valence-corrected chi connectivity index (χ2v) is 5.16. The summed E-state index contributed by atoms with van der Waals surface area (Å²) in [4.78, 5) is 23.1. The Balaban J connectivity index is 3.05. The van der Waals surface area contributed by atoms with E-state index in [1.165, 1.54) is 0 Å². The van der Waals surface area contributed by atoms with E-state index < -0.39 is 17.9 Å². The maximum Gasteiger partial charge on any atom is 0.410 e. The first-order valence-electron chi connectivity index (χ1n) is 4.82. The quantitative estimate of drug-likeness (QED) is 0.670. The van der Waals surface area contributed by atoms with Gasteiger partial charge in [-0.3, -0.25) is 4.90 Å². The number of ether oxygens (including phenoxy) is 1. The number of hydrogen-bond acceptors (Lipinski definition) is 3. The van der Waals surface area contributed by atoms with Crippen molar-refractivity contribution in [2.75, 3.05) is 6.61 Å². The molecular formula is C10H17NO4. The van der Waals surface area contributed by atoms with E-state index in [0.29, 0.717) is 6.29 Å².